The molecule has 1 atom stereocenters. The Bertz CT molecular complexity index is 1030. The van der Waals surface area contributed by atoms with Gasteiger partial charge in [0.2, 0.25) is 5.79 Å². The molecule has 2 fully saturated rings. The molecule has 0 radical (unpaired) electrons. The van der Waals surface area contributed by atoms with Crippen LogP contribution in [-0.2, 0) is 16.0 Å². The number of hydrogen-bond donors (Lipinski definition) is 0. The molecule has 0 amide bonds. The molecule has 0 bridgehead atoms. The summed E-state index contributed by atoms with van der Waals surface area (Å²) >= 11 is 12.8. The predicted molar refractivity (Wildman–Crippen MR) is 125 cm³/mol. The smallest absolute Gasteiger partial charge is 0.229 e. The number of rotatable bonds is 7. The maximum atomic E-state index is 6.62. The molecule has 8 heteroatoms. The molecule has 2 aliphatic heterocycles. The van der Waals surface area contributed by atoms with Crippen LogP contribution in [0.15, 0.2) is 61.2 Å². The Morgan fingerprint density at radius 2 is 1.78 bits per heavy atom. The van der Waals surface area contributed by atoms with E-state index in [1.54, 1.807) is 24.7 Å². The maximum absolute atomic E-state index is 6.62. The number of ether oxygens (including phenoxy) is 3. The van der Waals surface area contributed by atoms with Crippen molar-refractivity contribution in [2.45, 2.75) is 31.3 Å². The summed E-state index contributed by atoms with van der Waals surface area (Å²) in [6, 6.07) is 13.6. The summed E-state index contributed by atoms with van der Waals surface area (Å²) in [5.41, 5.74) is 1.96. The summed E-state index contributed by atoms with van der Waals surface area (Å²) in [4.78, 5) is 6.54. The van der Waals surface area contributed by atoms with Gasteiger partial charge in [0.05, 0.1) is 26.1 Å². The normalized spacial score (nSPS) is 18.8. The Balaban J connectivity index is 1.49. The van der Waals surface area contributed by atoms with E-state index < -0.39 is 11.9 Å². The zero-order chi connectivity index (χ0) is 22.0. The van der Waals surface area contributed by atoms with E-state index in [9.17, 15) is 0 Å². The Kier molecular flexibility index (Phi) is 6.28. The molecule has 0 spiro atoms. The summed E-state index contributed by atoms with van der Waals surface area (Å²) in [5.74, 6) is -0.348. The number of nitrogens with zero attached hydrogens (tertiary/aromatic N) is 3. The molecular weight excluding hydrogens is 449 g/mol. The van der Waals surface area contributed by atoms with Gasteiger partial charge < -0.3 is 23.7 Å². The molecule has 3 heterocycles. The lowest BCUT2D eigenvalue weighted by Crippen LogP contribution is -2.44. The number of aromatic nitrogens is 2. The molecule has 2 saturated heterocycles. The van der Waals surface area contributed by atoms with Crippen molar-refractivity contribution in [1.82, 2.24) is 9.55 Å². The van der Waals surface area contributed by atoms with Crippen molar-refractivity contribution in [3.63, 3.8) is 0 Å². The Morgan fingerprint density at radius 3 is 2.44 bits per heavy atom. The summed E-state index contributed by atoms with van der Waals surface area (Å²) < 4.78 is 20.9. The number of hydrogen-bond acceptors (Lipinski definition) is 5. The first-order chi connectivity index (χ1) is 15.6. The van der Waals surface area contributed by atoms with Crippen LogP contribution in [0, 0.1) is 0 Å². The van der Waals surface area contributed by atoms with Gasteiger partial charge in [0, 0.05) is 46.8 Å². The fraction of sp³-hybridized carbons (Fsp3) is 0.375. The minimum Gasteiger partial charge on any atom is -0.480 e. The fourth-order valence-electron chi connectivity index (χ4n) is 4.38. The predicted octanol–water partition coefficient (Wildman–Crippen LogP) is 5.35. The summed E-state index contributed by atoms with van der Waals surface area (Å²) in [6.07, 6.45) is 7.19. The Hall–Kier alpha value is -2.25. The quantitative estimate of drug-likeness (QED) is 0.462. The highest BCUT2D eigenvalue weighted by atomic mass is 35.5. The molecule has 6 nitrogen and oxygen atoms in total. The monoisotopic (exact) mass is 473 g/mol. The lowest BCUT2D eigenvalue weighted by molar-refractivity contribution is -0.223. The van der Waals surface area contributed by atoms with Crippen LogP contribution >= 0.6 is 23.2 Å². The first-order valence-corrected chi connectivity index (χ1v) is 11.6. The fourth-order valence-corrected chi connectivity index (χ4v) is 4.89. The number of halogens is 2. The van der Waals surface area contributed by atoms with E-state index >= 15 is 0 Å². The van der Waals surface area contributed by atoms with Gasteiger partial charge in [-0.2, -0.15) is 0 Å². The maximum Gasteiger partial charge on any atom is 0.229 e. The first kappa shape index (κ1) is 21.6. The third-order valence-electron chi connectivity index (χ3n) is 5.94. The van der Waals surface area contributed by atoms with E-state index in [1.807, 2.05) is 29.0 Å². The zero-order valence-electron chi connectivity index (χ0n) is 17.6. The molecule has 168 valence electrons. The van der Waals surface area contributed by atoms with Crippen LogP contribution in [0.3, 0.4) is 0 Å². The average molecular weight is 474 g/mol. The summed E-state index contributed by atoms with van der Waals surface area (Å²) in [5, 5.41) is 1.06. The number of benzene rings is 2. The van der Waals surface area contributed by atoms with Crippen molar-refractivity contribution < 1.29 is 14.2 Å². The zero-order valence-corrected chi connectivity index (χ0v) is 19.1. The first-order valence-electron chi connectivity index (χ1n) is 10.8. The van der Waals surface area contributed by atoms with Gasteiger partial charge in [-0.05, 0) is 49.2 Å². The number of imidazole rings is 1. The molecule has 5 rings (SSSR count). The van der Waals surface area contributed by atoms with Crippen molar-refractivity contribution in [3.05, 3.63) is 76.8 Å². The highest BCUT2D eigenvalue weighted by Gasteiger charge is 2.48. The third kappa shape index (κ3) is 4.46. The van der Waals surface area contributed by atoms with Crippen LogP contribution < -0.4 is 9.64 Å². The van der Waals surface area contributed by atoms with Gasteiger partial charge in [-0.25, -0.2) is 4.98 Å². The average Bonchev–Trinajstić information content (AvgIpc) is 3.57. The molecular formula is C24H25Cl2N3O3. The van der Waals surface area contributed by atoms with E-state index in [-0.39, 0.29) is 0 Å². The molecule has 1 aromatic heterocycles. The highest BCUT2D eigenvalue weighted by Crippen LogP contribution is 2.42. The van der Waals surface area contributed by atoms with E-state index in [1.165, 1.54) is 18.5 Å². The van der Waals surface area contributed by atoms with Gasteiger partial charge in [0.25, 0.3) is 0 Å². The van der Waals surface area contributed by atoms with Gasteiger partial charge in [0.15, 0.2) is 6.10 Å². The van der Waals surface area contributed by atoms with Crippen LogP contribution in [0.5, 0.6) is 5.75 Å². The van der Waals surface area contributed by atoms with E-state index in [4.69, 9.17) is 37.4 Å². The largest absolute Gasteiger partial charge is 0.480 e. The van der Waals surface area contributed by atoms with Crippen LogP contribution in [-0.4, -0.2) is 41.6 Å². The lowest BCUT2D eigenvalue weighted by Gasteiger charge is -2.36. The van der Waals surface area contributed by atoms with Crippen LogP contribution in [0.1, 0.15) is 24.5 Å². The van der Waals surface area contributed by atoms with E-state index in [0.29, 0.717) is 35.6 Å². The Labute approximate surface area is 197 Å². The second-order valence-corrected chi connectivity index (χ2v) is 8.94. The van der Waals surface area contributed by atoms with E-state index in [0.717, 1.165) is 18.7 Å². The van der Waals surface area contributed by atoms with Crippen LogP contribution in [0.4, 0.5) is 5.69 Å². The SMILES string of the molecule is Clc1ccc(C(Oc2ccc(N3CCCC3)cc2)C2(Cn3ccnc3)OCCO2)c(Cl)c1. The lowest BCUT2D eigenvalue weighted by atomic mass is 10.00. The van der Waals surface area contributed by atoms with Crippen molar-refractivity contribution in [2.75, 3.05) is 31.2 Å². The molecule has 0 aliphatic carbocycles. The minimum absolute atomic E-state index is 0.405. The molecule has 2 aliphatic rings. The summed E-state index contributed by atoms with van der Waals surface area (Å²) in [7, 11) is 0. The molecule has 32 heavy (non-hydrogen) atoms. The van der Waals surface area contributed by atoms with Crippen molar-refractivity contribution in [3.8, 4) is 5.75 Å². The van der Waals surface area contributed by atoms with E-state index in [2.05, 4.69) is 22.0 Å². The molecule has 3 aromatic rings. The van der Waals surface area contributed by atoms with Crippen molar-refractivity contribution in [2.24, 2.45) is 0 Å². The highest BCUT2D eigenvalue weighted by molar-refractivity contribution is 6.35. The second kappa shape index (κ2) is 9.32. The van der Waals surface area contributed by atoms with Crippen molar-refractivity contribution >= 4 is 28.9 Å². The molecule has 1 unspecified atom stereocenters. The van der Waals surface area contributed by atoms with Gasteiger partial charge in [-0.15, -0.1) is 0 Å². The topological polar surface area (TPSA) is 48.8 Å². The van der Waals surface area contributed by atoms with Crippen LogP contribution in [0.25, 0.3) is 0 Å². The second-order valence-electron chi connectivity index (χ2n) is 8.10. The Morgan fingerprint density at radius 1 is 1.03 bits per heavy atom. The minimum atomic E-state index is -1.06. The molecule has 0 saturated carbocycles. The third-order valence-corrected chi connectivity index (χ3v) is 6.51. The van der Waals surface area contributed by atoms with Crippen molar-refractivity contribution in [1.29, 1.82) is 0 Å². The number of anilines is 1. The van der Waals surface area contributed by atoms with Gasteiger partial charge in [0.1, 0.15) is 5.75 Å². The van der Waals surface area contributed by atoms with Crippen LogP contribution in [0.2, 0.25) is 10.0 Å². The standard InChI is InChI=1S/C24H25Cl2N3O3/c25-18-3-8-21(22(26)15-18)23(24(30-13-14-31-24)16-28-12-9-27-17-28)32-20-6-4-19(5-7-20)29-10-1-2-11-29/h3-9,12,15,17,23H,1-2,10-11,13-14,16H2. The van der Waals surface area contributed by atoms with Gasteiger partial charge in [-0.3, -0.25) is 0 Å². The molecule has 2 aromatic carbocycles. The molecule has 0 N–H and O–H groups in total. The van der Waals surface area contributed by atoms with Gasteiger partial charge in [-0.1, -0.05) is 29.3 Å². The summed E-state index contributed by atoms with van der Waals surface area (Å²) in [6.45, 7) is 3.53. The van der Waals surface area contributed by atoms with Gasteiger partial charge >= 0.3 is 0 Å².